The second-order valence-electron chi connectivity index (χ2n) is 7.35. The molecule has 0 saturated heterocycles. The van der Waals surface area contributed by atoms with Gasteiger partial charge in [-0.05, 0) is 54.9 Å². The number of hydrogen-bond acceptors (Lipinski definition) is 4. The SMILES string of the molecule is CO[C@@H]1CC[C@]2(Cc3ccc(Br)cc3C23COC(N)=N3)CC1C. The Labute approximate surface area is 145 Å². The van der Waals surface area contributed by atoms with Crippen LogP contribution in [0.2, 0.25) is 0 Å². The summed E-state index contributed by atoms with van der Waals surface area (Å²) in [4.78, 5) is 4.87. The first-order valence-corrected chi connectivity index (χ1v) is 9.09. The van der Waals surface area contributed by atoms with Crippen molar-refractivity contribution in [3.8, 4) is 0 Å². The van der Waals surface area contributed by atoms with Crippen molar-refractivity contribution < 1.29 is 9.47 Å². The molecule has 0 aromatic heterocycles. The van der Waals surface area contributed by atoms with E-state index in [-0.39, 0.29) is 11.0 Å². The number of nitrogens with zero attached hydrogens (tertiary/aromatic N) is 1. The fraction of sp³-hybridized carbons (Fsp3) is 0.611. The van der Waals surface area contributed by atoms with E-state index in [2.05, 4.69) is 41.1 Å². The molecule has 1 saturated carbocycles. The van der Waals surface area contributed by atoms with Crippen LogP contribution in [0.4, 0.5) is 0 Å². The van der Waals surface area contributed by atoms with Gasteiger partial charge in [0.15, 0.2) is 0 Å². The Kier molecular flexibility index (Phi) is 3.50. The van der Waals surface area contributed by atoms with Crippen LogP contribution >= 0.6 is 15.9 Å². The van der Waals surface area contributed by atoms with Gasteiger partial charge >= 0.3 is 0 Å². The van der Waals surface area contributed by atoms with Gasteiger partial charge in [-0.15, -0.1) is 0 Å². The summed E-state index contributed by atoms with van der Waals surface area (Å²) in [5, 5.41) is 0. The van der Waals surface area contributed by atoms with Crippen molar-refractivity contribution in [3.05, 3.63) is 33.8 Å². The fourth-order valence-electron chi connectivity index (χ4n) is 5.16. The predicted octanol–water partition coefficient (Wildman–Crippen LogP) is 3.37. The van der Waals surface area contributed by atoms with Crippen LogP contribution in [-0.4, -0.2) is 25.8 Å². The molecule has 1 aromatic rings. The minimum Gasteiger partial charge on any atom is -0.462 e. The number of amidine groups is 1. The van der Waals surface area contributed by atoms with Gasteiger partial charge in [-0.1, -0.05) is 28.9 Å². The van der Waals surface area contributed by atoms with E-state index < -0.39 is 0 Å². The molecular weight excluding hydrogens is 356 g/mol. The number of benzene rings is 1. The molecule has 4 rings (SSSR count). The summed E-state index contributed by atoms with van der Waals surface area (Å²) in [6.45, 7) is 2.86. The zero-order chi connectivity index (χ0) is 16.2. The van der Waals surface area contributed by atoms with Gasteiger partial charge in [0.05, 0.1) is 6.10 Å². The molecule has 0 amide bonds. The largest absolute Gasteiger partial charge is 0.462 e. The molecule has 1 aromatic carbocycles. The molecule has 23 heavy (non-hydrogen) atoms. The third-order valence-corrected chi connectivity index (χ3v) is 6.70. The standard InChI is InChI=1S/C18H23BrN2O2/c1-11-8-17(6-5-15(11)22-2)9-12-3-4-13(19)7-14(12)18(17)10-23-16(20)21-18/h3-4,7,11,15H,5-6,8-10H2,1-2H3,(H2,20,21)/t11?,15-,17-,18?/m1/s1. The maximum atomic E-state index is 5.95. The average molecular weight is 379 g/mol. The van der Waals surface area contributed by atoms with Gasteiger partial charge in [-0.3, -0.25) is 0 Å². The number of ether oxygens (including phenoxy) is 2. The summed E-state index contributed by atoms with van der Waals surface area (Å²) in [6, 6.07) is 6.90. The van der Waals surface area contributed by atoms with Gasteiger partial charge in [0.1, 0.15) is 12.1 Å². The lowest BCUT2D eigenvalue weighted by atomic mass is 9.59. The van der Waals surface area contributed by atoms with Crippen molar-refractivity contribution in [2.45, 2.75) is 44.2 Å². The summed E-state index contributed by atoms with van der Waals surface area (Å²) in [6.07, 6.45) is 4.66. The van der Waals surface area contributed by atoms with Crippen LogP contribution in [0, 0.1) is 11.3 Å². The molecule has 2 spiro atoms. The van der Waals surface area contributed by atoms with Crippen molar-refractivity contribution in [2.75, 3.05) is 13.7 Å². The predicted molar refractivity (Wildman–Crippen MR) is 93.3 cm³/mol. The van der Waals surface area contributed by atoms with Crippen LogP contribution in [-0.2, 0) is 21.4 Å². The molecule has 124 valence electrons. The number of nitrogens with two attached hydrogens (primary N) is 1. The Balaban J connectivity index is 1.83. The van der Waals surface area contributed by atoms with Crippen LogP contribution in [0.5, 0.6) is 0 Å². The van der Waals surface area contributed by atoms with E-state index in [0.29, 0.717) is 24.7 Å². The molecule has 0 bridgehead atoms. The number of aliphatic imine (C=N–C) groups is 1. The maximum Gasteiger partial charge on any atom is 0.283 e. The molecule has 2 aliphatic carbocycles. The normalized spacial score (nSPS) is 38.7. The van der Waals surface area contributed by atoms with Gasteiger partial charge in [-0.25, -0.2) is 4.99 Å². The lowest BCUT2D eigenvalue weighted by Crippen LogP contribution is -2.48. The van der Waals surface area contributed by atoms with Crippen molar-refractivity contribution in [2.24, 2.45) is 22.1 Å². The third kappa shape index (κ3) is 2.09. The summed E-state index contributed by atoms with van der Waals surface area (Å²) in [7, 11) is 1.82. The second-order valence-corrected chi connectivity index (χ2v) is 8.27. The van der Waals surface area contributed by atoms with Gasteiger partial charge in [-0.2, -0.15) is 0 Å². The van der Waals surface area contributed by atoms with E-state index in [9.17, 15) is 0 Å². The number of hydrogen-bond donors (Lipinski definition) is 1. The topological polar surface area (TPSA) is 56.8 Å². The van der Waals surface area contributed by atoms with Gasteiger partial charge in [0, 0.05) is 17.0 Å². The Hall–Kier alpha value is -1.07. The molecule has 4 nitrogen and oxygen atoms in total. The zero-order valence-electron chi connectivity index (χ0n) is 13.6. The molecular formula is C18H23BrN2O2. The molecule has 5 heteroatoms. The monoisotopic (exact) mass is 378 g/mol. The maximum absolute atomic E-state index is 5.95. The first-order chi connectivity index (χ1) is 11.0. The number of rotatable bonds is 1. The van der Waals surface area contributed by atoms with E-state index in [4.69, 9.17) is 20.2 Å². The van der Waals surface area contributed by atoms with E-state index in [1.807, 2.05) is 7.11 Å². The Bertz CT molecular complexity index is 677. The highest BCUT2D eigenvalue weighted by Crippen LogP contribution is 2.62. The first kappa shape index (κ1) is 15.5. The second kappa shape index (κ2) is 5.21. The van der Waals surface area contributed by atoms with E-state index in [0.717, 1.165) is 30.2 Å². The van der Waals surface area contributed by atoms with Crippen molar-refractivity contribution >= 4 is 22.0 Å². The van der Waals surface area contributed by atoms with Crippen LogP contribution in [0.1, 0.15) is 37.3 Å². The van der Waals surface area contributed by atoms with Crippen molar-refractivity contribution in [1.82, 2.24) is 0 Å². The molecule has 3 aliphatic rings. The molecule has 1 fully saturated rings. The summed E-state index contributed by atoms with van der Waals surface area (Å²) < 4.78 is 12.4. The molecule has 1 heterocycles. The zero-order valence-corrected chi connectivity index (χ0v) is 15.2. The Morgan fingerprint density at radius 2 is 2.26 bits per heavy atom. The highest BCUT2D eigenvalue weighted by atomic mass is 79.9. The van der Waals surface area contributed by atoms with Crippen molar-refractivity contribution in [3.63, 3.8) is 0 Å². The van der Waals surface area contributed by atoms with Crippen LogP contribution in [0.3, 0.4) is 0 Å². The van der Waals surface area contributed by atoms with E-state index in [1.165, 1.54) is 11.1 Å². The quantitative estimate of drug-likeness (QED) is 0.814. The highest BCUT2D eigenvalue weighted by Gasteiger charge is 2.62. The summed E-state index contributed by atoms with van der Waals surface area (Å²) in [5.41, 5.74) is 8.39. The number of halogens is 1. The number of fused-ring (bicyclic) bond motifs is 3. The number of methoxy groups -OCH3 is 1. The first-order valence-electron chi connectivity index (χ1n) is 8.29. The van der Waals surface area contributed by atoms with Gasteiger partial charge < -0.3 is 15.2 Å². The fourth-order valence-corrected chi connectivity index (χ4v) is 5.53. The summed E-state index contributed by atoms with van der Waals surface area (Å²) in [5.74, 6) is 0.514. The third-order valence-electron chi connectivity index (χ3n) is 6.21. The lowest BCUT2D eigenvalue weighted by Gasteiger charge is -2.47. The smallest absolute Gasteiger partial charge is 0.283 e. The van der Waals surface area contributed by atoms with Crippen LogP contribution < -0.4 is 5.73 Å². The highest BCUT2D eigenvalue weighted by molar-refractivity contribution is 9.10. The van der Waals surface area contributed by atoms with Crippen molar-refractivity contribution in [1.29, 1.82) is 0 Å². The minimum atomic E-state index is -0.330. The van der Waals surface area contributed by atoms with E-state index in [1.54, 1.807) is 0 Å². The molecule has 2 unspecified atom stereocenters. The van der Waals surface area contributed by atoms with Gasteiger partial charge in [0.2, 0.25) is 0 Å². The van der Waals surface area contributed by atoms with Crippen LogP contribution in [0.15, 0.2) is 27.7 Å². The van der Waals surface area contributed by atoms with E-state index >= 15 is 0 Å². The minimum absolute atomic E-state index is 0.0890. The lowest BCUT2D eigenvalue weighted by molar-refractivity contribution is -0.0445. The van der Waals surface area contributed by atoms with Gasteiger partial charge in [0.25, 0.3) is 6.02 Å². The summed E-state index contributed by atoms with van der Waals surface area (Å²) >= 11 is 3.61. The molecule has 2 N–H and O–H groups in total. The molecule has 4 atom stereocenters. The molecule has 0 radical (unpaired) electrons. The van der Waals surface area contributed by atoms with Crippen LogP contribution in [0.25, 0.3) is 0 Å². The average Bonchev–Trinajstić information content (AvgIpc) is 3.02. The Morgan fingerprint density at radius 1 is 1.43 bits per heavy atom. The molecule has 1 aliphatic heterocycles. The Morgan fingerprint density at radius 3 is 2.91 bits per heavy atom.